The van der Waals surface area contributed by atoms with Gasteiger partial charge in [-0.3, -0.25) is 4.72 Å². The van der Waals surface area contributed by atoms with Gasteiger partial charge in [-0.1, -0.05) is 56.3 Å². The first kappa shape index (κ1) is 19.1. The van der Waals surface area contributed by atoms with Gasteiger partial charge in [0, 0.05) is 4.88 Å². The molecule has 140 valence electrons. The Balaban J connectivity index is 1.96. The van der Waals surface area contributed by atoms with E-state index < -0.39 is 16.0 Å². The van der Waals surface area contributed by atoms with Crippen molar-refractivity contribution >= 4 is 33.0 Å². The molecule has 0 saturated carbocycles. The van der Waals surface area contributed by atoms with E-state index in [9.17, 15) is 18.3 Å². The molecule has 0 aliphatic carbocycles. The first-order valence-corrected chi connectivity index (χ1v) is 10.6. The van der Waals surface area contributed by atoms with Gasteiger partial charge in [0.2, 0.25) is 0 Å². The summed E-state index contributed by atoms with van der Waals surface area (Å²) in [5.74, 6) is -0.881. The zero-order valence-corrected chi connectivity index (χ0v) is 16.5. The highest BCUT2D eigenvalue weighted by molar-refractivity contribution is 7.92. The molecular weight excluding hydrogens is 382 g/mol. The molecule has 27 heavy (non-hydrogen) atoms. The molecule has 1 aromatic heterocycles. The van der Waals surface area contributed by atoms with Crippen molar-refractivity contribution in [1.82, 2.24) is 0 Å². The molecule has 1 heterocycles. The van der Waals surface area contributed by atoms with Crippen LogP contribution in [0.5, 0.6) is 0 Å². The third-order valence-electron chi connectivity index (χ3n) is 4.09. The van der Waals surface area contributed by atoms with Crippen LogP contribution in [0.15, 0.2) is 65.6 Å². The van der Waals surface area contributed by atoms with Gasteiger partial charge >= 0.3 is 5.97 Å². The van der Waals surface area contributed by atoms with E-state index in [1.807, 2.05) is 44.2 Å². The van der Waals surface area contributed by atoms with Crippen LogP contribution in [0.1, 0.15) is 35.0 Å². The number of carboxylic acids is 1. The monoisotopic (exact) mass is 401 g/mol. The Morgan fingerprint density at radius 1 is 1.04 bits per heavy atom. The van der Waals surface area contributed by atoms with E-state index in [0.29, 0.717) is 10.8 Å². The molecule has 2 N–H and O–H groups in total. The lowest BCUT2D eigenvalue weighted by Gasteiger charge is -2.09. The van der Waals surface area contributed by atoms with E-state index >= 15 is 0 Å². The van der Waals surface area contributed by atoms with E-state index in [4.69, 9.17) is 0 Å². The van der Waals surface area contributed by atoms with E-state index in [2.05, 4.69) is 4.72 Å². The van der Waals surface area contributed by atoms with Crippen molar-refractivity contribution < 1.29 is 18.3 Å². The summed E-state index contributed by atoms with van der Waals surface area (Å²) in [5, 5.41) is 9.47. The van der Waals surface area contributed by atoms with Gasteiger partial charge < -0.3 is 5.11 Å². The summed E-state index contributed by atoms with van der Waals surface area (Å²) in [6.07, 6.45) is 0. The van der Waals surface area contributed by atoms with Crippen LogP contribution < -0.4 is 4.72 Å². The highest BCUT2D eigenvalue weighted by atomic mass is 32.2. The predicted octanol–water partition coefficient (Wildman–Crippen LogP) is 5.04. The third-order valence-corrected chi connectivity index (χ3v) is 6.64. The molecule has 0 spiro atoms. The summed E-state index contributed by atoms with van der Waals surface area (Å²) in [4.78, 5) is 12.3. The van der Waals surface area contributed by atoms with E-state index in [0.717, 1.165) is 22.5 Å². The molecular formula is C20H19NO4S2. The minimum absolute atomic E-state index is 0.0452. The molecule has 0 atom stereocenters. The second-order valence-electron chi connectivity index (χ2n) is 6.35. The predicted molar refractivity (Wildman–Crippen MR) is 108 cm³/mol. The van der Waals surface area contributed by atoms with Gasteiger partial charge in [-0.25, -0.2) is 13.2 Å². The van der Waals surface area contributed by atoms with Crippen molar-refractivity contribution in [1.29, 1.82) is 0 Å². The van der Waals surface area contributed by atoms with Gasteiger partial charge in [-0.05, 0) is 35.2 Å². The number of carbonyl (C=O) groups is 1. The van der Waals surface area contributed by atoms with Crippen molar-refractivity contribution in [2.75, 3.05) is 4.72 Å². The lowest BCUT2D eigenvalue weighted by atomic mass is 10.0. The van der Waals surface area contributed by atoms with E-state index in [-0.39, 0.29) is 15.5 Å². The Hall–Kier alpha value is -2.64. The summed E-state index contributed by atoms with van der Waals surface area (Å²) in [6, 6.07) is 17.4. The van der Waals surface area contributed by atoms with Gasteiger partial charge in [0.05, 0.1) is 10.6 Å². The summed E-state index contributed by atoms with van der Waals surface area (Å²) in [6.45, 7) is 4.05. The minimum Gasteiger partial charge on any atom is -0.477 e. The fourth-order valence-corrected chi connectivity index (χ4v) is 4.69. The molecule has 0 aliphatic rings. The van der Waals surface area contributed by atoms with Crippen molar-refractivity contribution in [2.24, 2.45) is 0 Å². The van der Waals surface area contributed by atoms with Gasteiger partial charge in [0.15, 0.2) is 0 Å². The van der Waals surface area contributed by atoms with Crippen LogP contribution in [0.3, 0.4) is 0 Å². The highest BCUT2D eigenvalue weighted by Gasteiger charge is 2.22. The zero-order chi connectivity index (χ0) is 19.6. The Bertz CT molecular complexity index is 1050. The largest absolute Gasteiger partial charge is 0.477 e. The third kappa shape index (κ3) is 4.20. The number of anilines is 1. The number of nitrogens with one attached hydrogen (secondary N) is 1. The molecule has 0 fully saturated rings. The van der Waals surface area contributed by atoms with Crippen LogP contribution in [0.25, 0.3) is 10.4 Å². The maximum atomic E-state index is 12.7. The minimum atomic E-state index is -3.89. The topological polar surface area (TPSA) is 83.5 Å². The van der Waals surface area contributed by atoms with Gasteiger partial charge in [0.25, 0.3) is 10.0 Å². The van der Waals surface area contributed by atoms with Gasteiger partial charge in [0.1, 0.15) is 4.88 Å². The molecule has 5 nitrogen and oxygen atoms in total. The summed E-state index contributed by atoms with van der Waals surface area (Å²) < 4.78 is 27.8. The molecule has 0 saturated heterocycles. The highest BCUT2D eigenvalue weighted by Crippen LogP contribution is 2.36. The number of thiophene rings is 1. The zero-order valence-electron chi connectivity index (χ0n) is 14.8. The lowest BCUT2D eigenvalue weighted by Crippen LogP contribution is -2.14. The Morgan fingerprint density at radius 2 is 1.67 bits per heavy atom. The fraction of sp³-hybridized carbons (Fsp3) is 0.150. The van der Waals surface area contributed by atoms with Crippen LogP contribution in [0.4, 0.5) is 5.69 Å². The fourth-order valence-electron chi connectivity index (χ4n) is 2.61. The van der Waals surface area contributed by atoms with Crippen molar-refractivity contribution in [2.45, 2.75) is 24.7 Å². The van der Waals surface area contributed by atoms with E-state index in [1.54, 1.807) is 18.2 Å². The molecule has 0 radical (unpaired) electrons. The van der Waals surface area contributed by atoms with Crippen molar-refractivity contribution in [3.8, 4) is 10.4 Å². The van der Waals surface area contributed by atoms with Crippen LogP contribution >= 0.6 is 11.3 Å². The van der Waals surface area contributed by atoms with Gasteiger partial charge in [-0.15, -0.1) is 11.3 Å². The maximum Gasteiger partial charge on any atom is 0.348 e. The average Bonchev–Trinajstić information content (AvgIpc) is 3.06. The smallest absolute Gasteiger partial charge is 0.348 e. The normalized spacial score (nSPS) is 11.5. The number of hydrogen-bond donors (Lipinski definition) is 2. The standard InChI is InChI=1S/C20H19NO4S2/c1-13(2)14-8-10-16(11-9-14)27(24,25)21-17-12-18(26-19(17)20(22)23)15-6-4-3-5-7-15/h3-13,21H,1-2H3,(H,22,23). The summed E-state index contributed by atoms with van der Waals surface area (Å²) in [5.41, 5.74) is 1.93. The van der Waals surface area contributed by atoms with E-state index in [1.165, 1.54) is 12.1 Å². The van der Waals surface area contributed by atoms with Gasteiger partial charge in [-0.2, -0.15) is 0 Å². The quantitative estimate of drug-likeness (QED) is 0.606. The van der Waals surface area contributed by atoms with Crippen LogP contribution in [0.2, 0.25) is 0 Å². The molecule has 3 aromatic rings. The molecule has 0 amide bonds. The van der Waals surface area contributed by atoms with Crippen LogP contribution in [-0.4, -0.2) is 19.5 Å². The molecule has 0 bridgehead atoms. The summed E-state index contributed by atoms with van der Waals surface area (Å²) in [7, 11) is -3.89. The van der Waals surface area contributed by atoms with Crippen LogP contribution in [-0.2, 0) is 10.0 Å². The number of benzene rings is 2. The average molecular weight is 402 g/mol. The number of aromatic carboxylic acids is 1. The van der Waals surface area contributed by atoms with Crippen molar-refractivity contribution in [3.05, 3.63) is 71.1 Å². The molecule has 0 aliphatic heterocycles. The molecule has 3 rings (SSSR count). The Kier molecular flexibility index (Phi) is 5.34. The Morgan fingerprint density at radius 3 is 2.22 bits per heavy atom. The van der Waals surface area contributed by atoms with Crippen molar-refractivity contribution in [3.63, 3.8) is 0 Å². The SMILES string of the molecule is CC(C)c1ccc(S(=O)(=O)Nc2cc(-c3ccccc3)sc2C(=O)O)cc1. The molecule has 0 unspecified atom stereocenters. The first-order chi connectivity index (χ1) is 12.8. The second kappa shape index (κ2) is 7.54. The summed E-state index contributed by atoms with van der Waals surface area (Å²) >= 11 is 1.04. The molecule has 7 heteroatoms. The number of hydrogen-bond acceptors (Lipinski definition) is 4. The maximum absolute atomic E-state index is 12.7. The number of carboxylic acid groups (broad SMARTS) is 1. The van der Waals surface area contributed by atoms with Crippen LogP contribution in [0, 0.1) is 0 Å². The first-order valence-electron chi connectivity index (χ1n) is 8.33. The second-order valence-corrected chi connectivity index (χ2v) is 9.09. The number of sulfonamides is 1. The molecule has 2 aromatic carbocycles. The number of rotatable bonds is 6. The lowest BCUT2D eigenvalue weighted by molar-refractivity contribution is 0.0703. The Labute approximate surface area is 162 Å².